The summed E-state index contributed by atoms with van der Waals surface area (Å²) in [6.07, 6.45) is 6.26. The number of fused-ring (bicyclic) bond motifs is 3. The first-order chi connectivity index (χ1) is 15.2. The van der Waals surface area contributed by atoms with Crippen molar-refractivity contribution in [1.29, 1.82) is 0 Å². The molecule has 0 saturated heterocycles. The van der Waals surface area contributed by atoms with E-state index in [1.54, 1.807) is 11.8 Å². The van der Waals surface area contributed by atoms with Gasteiger partial charge in [-0.3, -0.25) is 0 Å². The van der Waals surface area contributed by atoms with E-state index in [0.29, 0.717) is 19.0 Å². The Morgan fingerprint density at radius 3 is 3.00 bits per heavy atom. The third kappa shape index (κ3) is 3.60. The van der Waals surface area contributed by atoms with Crippen LogP contribution in [0.5, 0.6) is 5.88 Å². The van der Waals surface area contributed by atoms with E-state index in [1.165, 1.54) is 17.3 Å². The first kappa shape index (κ1) is 21.4. The number of methoxy groups -OCH3 is 1. The van der Waals surface area contributed by atoms with E-state index in [1.807, 2.05) is 13.8 Å². The highest BCUT2D eigenvalue weighted by molar-refractivity contribution is 7.91. The molecule has 3 aliphatic rings. The van der Waals surface area contributed by atoms with Crippen LogP contribution < -0.4 is 15.2 Å². The number of amides is 2. The lowest BCUT2D eigenvalue weighted by Crippen LogP contribution is -2.27. The van der Waals surface area contributed by atoms with Crippen molar-refractivity contribution in [1.82, 2.24) is 9.78 Å². The van der Waals surface area contributed by atoms with Gasteiger partial charge in [-0.1, -0.05) is 6.07 Å². The number of urea groups is 1. The van der Waals surface area contributed by atoms with Gasteiger partial charge in [-0.25, -0.2) is 18.8 Å². The quantitative estimate of drug-likeness (QED) is 0.728. The molecule has 2 amide bonds. The summed E-state index contributed by atoms with van der Waals surface area (Å²) < 4.78 is 30.0. The highest BCUT2D eigenvalue weighted by Crippen LogP contribution is 2.44. The number of carbonyl (C=O) groups excluding carboxylic acids is 1. The predicted octanol–water partition coefficient (Wildman–Crippen LogP) is 3.15. The summed E-state index contributed by atoms with van der Waals surface area (Å²) >= 11 is 0. The van der Waals surface area contributed by atoms with Crippen LogP contribution in [0.15, 0.2) is 21.5 Å². The zero-order valence-corrected chi connectivity index (χ0v) is 19.5. The number of ether oxygens (including phenoxy) is 2. The summed E-state index contributed by atoms with van der Waals surface area (Å²) in [5, 5.41) is 13.2. The first-order valence-corrected chi connectivity index (χ1v) is 12.5. The highest BCUT2D eigenvalue weighted by atomic mass is 32.2. The SMILES string of the molecule is COC[C@@H]1CCc2cc3c(c(NC(=O)N=[S@](N)(=O)c4cnn5c4OC(C)(C)C5)c21)CCC3. The molecule has 0 radical (unpaired) electrons. The standard InChI is InChI=1S/C22H29N5O4S/c1-22(2)12-27-20(31-22)17(10-24-27)32(23,29)26-21(28)25-19-16-6-4-5-13(16)9-14-7-8-15(11-30-3)18(14)19/h9-10,15H,4-8,11-12H2,1-3H3,(H3,23,25,26,28,29)/t15-,32-/m0/s1. The second-order valence-electron chi connectivity index (χ2n) is 9.43. The van der Waals surface area contributed by atoms with E-state index in [4.69, 9.17) is 14.6 Å². The van der Waals surface area contributed by atoms with Crippen molar-refractivity contribution in [3.63, 3.8) is 0 Å². The molecule has 3 N–H and O–H groups in total. The molecular formula is C22H29N5O4S. The Morgan fingerprint density at radius 2 is 2.22 bits per heavy atom. The normalized spacial score (nSPS) is 21.9. The lowest BCUT2D eigenvalue weighted by molar-refractivity contribution is 0.132. The number of nitrogens with zero attached hydrogens (tertiary/aromatic N) is 3. The molecule has 32 heavy (non-hydrogen) atoms. The number of aromatic nitrogens is 2. The topological polar surface area (TPSA) is 121 Å². The molecule has 10 heteroatoms. The van der Waals surface area contributed by atoms with Gasteiger partial charge in [-0.2, -0.15) is 5.10 Å². The molecule has 2 heterocycles. The van der Waals surface area contributed by atoms with Crippen molar-refractivity contribution in [3.05, 3.63) is 34.5 Å². The van der Waals surface area contributed by atoms with Gasteiger partial charge in [0.2, 0.25) is 5.88 Å². The van der Waals surface area contributed by atoms with Gasteiger partial charge in [-0.15, -0.1) is 4.36 Å². The van der Waals surface area contributed by atoms with Crippen molar-refractivity contribution in [2.24, 2.45) is 9.50 Å². The molecule has 5 rings (SSSR count). The smallest absolute Gasteiger partial charge is 0.354 e. The summed E-state index contributed by atoms with van der Waals surface area (Å²) in [4.78, 5) is 13.1. The molecule has 0 unspecified atom stereocenters. The van der Waals surface area contributed by atoms with Crippen LogP contribution in [-0.4, -0.2) is 39.3 Å². The van der Waals surface area contributed by atoms with Crippen molar-refractivity contribution >= 4 is 21.6 Å². The fourth-order valence-corrected chi connectivity index (χ4v) is 6.20. The Hall–Kier alpha value is -2.43. The van der Waals surface area contributed by atoms with Gasteiger partial charge in [0.05, 0.1) is 19.3 Å². The minimum absolute atomic E-state index is 0.138. The number of carbonyl (C=O) groups is 1. The molecule has 2 aromatic rings. The lowest BCUT2D eigenvalue weighted by Gasteiger charge is -2.19. The molecule has 1 aromatic heterocycles. The summed E-state index contributed by atoms with van der Waals surface area (Å²) in [7, 11) is -1.84. The van der Waals surface area contributed by atoms with E-state index in [2.05, 4.69) is 20.8 Å². The Labute approximate surface area is 188 Å². The van der Waals surface area contributed by atoms with Crippen LogP contribution in [0, 0.1) is 0 Å². The Morgan fingerprint density at radius 1 is 1.41 bits per heavy atom. The zero-order chi connectivity index (χ0) is 22.7. The maximum atomic E-state index is 13.3. The third-order valence-corrected chi connectivity index (χ3v) is 7.84. The van der Waals surface area contributed by atoms with Crippen LogP contribution in [0.3, 0.4) is 0 Å². The van der Waals surface area contributed by atoms with Gasteiger partial charge in [0, 0.05) is 18.7 Å². The molecule has 2 aliphatic carbocycles. The van der Waals surface area contributed by atoms with Crippen molar-refractivity contribution in [3.8, 4) is 5.88 Å². The fourth-order valence-electron chi connectivity index (χ4n) is 5.21. The van der Waals surface area contributed by atoms with Crippen LogP contribution in [0.1, 0.15) is 54.9 Å². The van der Waals surface area contributed by atoms with Crippen molar-refractivity contribution in [2.45, 2.75) is 68.9 Å². The monoisotopic (exact) mass is 459 g/mol. The summed E-state index contributed by atoms with van der Waals surface area (Å²) in [6.45, 7) is 4.91. The number of aryl methyl sites for hydroxylation is 2. The van der Waals surface area contributed by atoms with Gasteiger partial charge >= 0.3 is 6.03 Å². The van der Waals surface area contributed by atoms with Crippen molar-refractivity contribution in [2.75, 3.05) is 19.0 Å². The highest BCUT2D eigenvalue weighted by Gasteiger charge is 2.36. The Bertz CT molecular complexity index is 1230. The van der Waals surface area contributed by atoms with Crippen LogP contribution in [-0.2, 0) is 40.5 Å². The van der Waals surface area contributed by atoms with E-state index in [-0.39, 0.29) is 10.8 Å². The van der Waals surface area contributed by atoms with E-state index >= 15 is 0 Å². The number of benzene rings is 1. The molecule has 172 valence electrons. The summed E-state index contributed by atoms with van der Waals surface area (Å²) in [5.41, 5.74) is 5.11. The summed E-state index contributed by atoms with van der Waals surface area (Å²) in [6, 6.07) is 1.56. The Kier molecular flexibility index (Phi) is 5.06. The van der Waals surface area contributed by atoms with Crippen molar-refractivity contribution < 1.29 is 18.5 Å². The minimum Gasteiger partial charge on any atom is -0.469 e. The van der Waals surface area contributed by atoms with Crippen LogP contribution >= 0.6 is 0 Å². The molecule has 0 fully saturated rings. The van der Waals surface area contributed by atoms with E-state index in [9.17, 15) is 9.00 Å². The minimum atomic E-state index is -3.53. The molecule has 0 saturated carbocycles. The molecular weight excluding hydrogens is 430 g/mol. The second kappa shape index (κ2) is 7.57. The average molecular weight is 460 g/mol. The molecule has 1 aliphatic heterocycles. The predicted molar refractivity (Wildman–Crippen MR) is 120 cm³/mol. The van der Waals surface area contributed by atoms with Gasteiger partial charge in [0.1, 0.15) is 10.5 Å². The average Bonchev–Trinajstić information content (AvgIpc) is 3.44. The van der Waals surface area contributed by atoms with E-state index in [0.717, 1.165) is 48.9 Å². The Balaban J connectivity index is 1.49. The second-order valence-corrected chi connectivity index (χ2v) is 11.2. The third-order valence-electron chi connectivity index (χ3n) is 6.49. The van der Waals surface area contributed by atoms with Crippen LogP contribution in [0.25, 0.3) is 0 Å². The van der Waals surface area contributed by atoms with Gasteiger partial charge in [-0.05, 0) is 68.2 Å². The van der Waals surface area contributed by atoms with Gasteiger partial charge in [0.15, 0.2) is 9.92 Å². The maximum absolute atomic E-state index is 13.3. The van der Waals surface area contributed by atoms with Crippen LogP contribution in [0.4, 0.5) is 10.5 Å². The summed E-state index contributed by atoms with van der Waals surface area (Å²) in [5.74, 6) is 0.522. The number of anilines is 1. The number of rotatable bonds is 4. The maximum Gasteiger partial charge on any atom is 0.354 e. The largest absolute Gasteiger partial charge is 0.469 e. The number of nitrogens with one attached hydrogen (secondary N) is 1. The molecule has 2 atom stereocenters. The number of hydrogen-bond acceptors (Lipinski definition) is 5. The van der Waals surface area contributed by atoms with Crippen LogP contribution in [0.2, 0.25) is 0 Å². The molecule has 9 nitrogen and oxygen atoms in total. The molecule has 0 spiro atoms. The zero-order valence-electron chi connectivity index (χ0n) is 18.6. The lowest BCUT2D eigenvalue weighted by atomic mass is 9.94. The fraction of sp³-hybridized carbons (Fsp3) is 0.545. The number of nitrogens with two attached hydrogens (primary N) is 1. The van der Waals surface area contributed by atoms with Gasteiger partial charge < -0.3 is 14.8 Å². The molecule has 0 bridgehead atoms. The van der Waals surface area contributed by atoms with Gasteiger partial charge in [0.25, 0.3) is 0 Å². The first-order valence-electron chi connectivity index (χ1n) is 11.0. The van der Waals surface area contributed by atoms with E-state index < -0.39 is 21.5 Å². The number of hydrogen-bond donors (Lipinski definition) is 2. The molecule has 1 aromatic carbocycles.